The van der Waals surface area contributed by atoms with Gasteiger partial charge in [0.2, 0.25) is 0 Å². The largest absolute Gasteiger partial charge is 0.464 e. The molecule has 0 aromatic carbocycles. The van der Waals surface area contributed by atoms with Crippen LogP contribution in [0, 0.1) is 6.92 Å². The van der Waals surface area contributed by atoms with E-state index >= 15 is 0 Å². The van der Waals surface area contributed by atoms with Gasteiger partial charge in [-0.3, -0.25) is 0 Å². The summed E-state index contributed by atoms with van der Waals surface area (Å²) in [6.07, 6.45) is 1.98. The van der Waals surface area contributed by atoms with Crippen LogP contribution in [0.1, 0.15) is 12.6 Å². The van der Waals surface area contributed by atoms with Crippen LogP contribution >= 0.6 is 11.8 Å². The number of thioether (sulfide) groups is 1. The zero-order valence-corrected chi connectivity index (χ0v) is 8.31. The van der Waals surface area contributed by atoms with Crippen molar-refractivity contribution in [2.45, 2.75) is 18.9 Å². The van der Waals surface area contributed by atoms with Crippen LogP contribution in [0.5, 0.6) is 6.01 Å². The summed E-state index contributed by atoms with van der Waals surface area (Å²) < 4.78 is 5.19. The highest BCUT2D eigenvalue weighted by atomic mass is 32.2. The Kier molecular flexibility index (Phi) is 3.34. The fraction of sp³-hybridized carbons (Fsp3) is 0.500. The third-order valence-electron chi connectivity index (χ3n) is 1.29. The van der Waals surface area contributed by atoms with Crippen LogP contribution < -0.4 is 4.74 Å². The smallest absolute Gasteiger partial charge is 0.317 e. The molecule has 3 nitrogen and oxygen atoms in total. The van der Waals surface area contributed by atoms with E-state index in [1.54, 1.807) is 11.8 Å². The SMILES string of the molecule is CCOc1nc(C)cc(SC)n1. The van der Waals surface area contributed by atoms with Crippen molar-refractivity contribution in [1.29, 1.82) is 0 Å². The van der Waals surface area contributed by atoms with Crippen molar-refractivity contribution in [3.8, 4) is 6.01 Å². The molecule has 0 bridgehead atoms. The van der Waals surface area contributed by atoms with E-state index in [-0.39, 0.29) is 0 Å². The van der Waals surface area contributed by atoms with E-state index in [2.05, 4.69) is 9.97 Å². The minimum Gasteiger partial charge on any atom is -0.464 e. The average Bonchev–Trinajstić information content (AvgIpc) is 2.04. The molecule has 0 aliphatic carbocycles. The fourth-order valence-electron chi connectivity index (χ4n) is 0.812. The number of aromatic nitrogens is 2. The molecule has 0 saturated carbocycles. The molecule has 12 heavy (non-hydrogen) atoms. The Bertz CT molecular complexity index is 265. The minimum atomic E-state index is 0.474. The number of hydrogen-bond acceptors (Lipinski definition) is 4. The van der Waals surface area contributed by atoms with Gasteiger partial charge < -0.3 is 4.74 Å². The fourth-order valence-corrected chi connectivity index (χ4v) is 1.27. The van der Waals surface area contributed by atoms with Crippen LogP contribution in [0.25, 0.3) is 0 Å². The van der Waals surface area contributed by atoms with Gasteiger partial charge in [0.15, 0.2) is 0 Å². The molecule has 1 aromatic heterocycles. The average molecular weight is 184 g/mol. The van der Waals surface area contributed by atoms with Gasteiger partial charge in [0.05, 0.1) is 6.61 Å². The molecule has 0 spiro atoms. The molecule has 1 rings (SSSR count). The van der Waals surface area contributed by atoms with Crippen LogP contribution in [0.4, 0.5) is 0 Å². The van der Waals surface area contributed by atoms with E-state index in [1.165, 1.54) is 0 Å². The highest BCUT2D eigenvalue weighted by Crippen LogP contribution is 2.15. The molecule has 1 aromatic rings. The molecule has 66 valence electrons. The summed E-state index contributed by atoms with van der Waals surface area (Å²) in [5.41, 5.74) is 0.942. The van der Waals surface area contributed by atoms with Gasteiger partial charge in [-0.25, -0.2) is 4.98 Å². The summed E-state index contributed by atoms with van der Waals surface area (Å²) in [6, 6.07) is 2.41. The van der Waals surface area contributed by atoms with Gasteiger partial charge in [-0.05, 0) is 26.2 Å². The molecule has 0 amide bonds. The minimum absolute atomic E-state index is 0.474. The Morgan fingerprint density at radius 3 is 2.83 bits per heavy atom. The molecular weight excluding hydrogens is 172 g/mol. The summed E-state index contributed by atoms with van der Waals surface area (Å²) in [4.78, 5) is 8.30. The van der Waals surface area contributed by atoms with E-state index in [1.807, 2.05) is 26.2 Å². The Balaban J connectivity index is 2.90. The lowest BCUT2D eigenvalue weighted by atomic mass is 10.5. The first-order valence-electron chi connectivity index (χ1n) is 3.78. The van der Waals surface area contributed by atoms with Crippen molar-refractivity contribution in [2.75, 3.05) is 12.9 Å². The zero-order chi connectivity index (χ0) is 8.97. The third-order valence-corrected chi connectivity index (χ3v) is 1.92. The van der Waals surface area contributed by atoms with Gasteiger partial charge in [0.1, 0.15) is 5.03 Å². The highest BCUT2D eigenvalue weighted by molar-refractivity contribution is 7.98. The summed E-state index contributed by atoms with van der Waals surface area (Å²) in [6.45, 7) is 4.46. The summed E-state index contributed by atoms with van der Waals surface area (Å²) in [5, 5.41) is 0.950. The Hall–Kier alpha value is -0.770. The Morgan fingerprint density at radius 2 is 2.25 bits per heavy atom. The quantitative estimate of drug-likeness (QED) is 0.531. The lowest BCUT2D eigenvalue weighted by Gasteiger charge is -2.03. The first kappa shape index (κ1) is 9.32. The van der Waals surface area contributed by atoms with E-state index in [9.17, 15) is 0 Å². The van der Waals surface area contributed by atoms with Gasteiger partial charge in [-0.15, -0.1) is 11.8 Å². The first-order chi connectivity index (χ1) is 5.76. The predicted molar refractivity (Wildman–Crippen MR) is 49.7 cm³/mol. The summed E-state index contributed by atoms with van der Waals surface area (Å²) in [7, 11) is 0. The number of hydrogen-bond donors (Lipinski definition) is 0. The molecule has 1 heterocycles. The second-order valence-electron chi connectivity index (χ2n) is 2.27. The van der Waals surface area contributed by atoms with Gasteiger partial charge in [0, 0.05) is 5.69 Å². The van der Waals surface area contributed by atoms with E-state index in [0.717, 1.165) is 10.7 Å². The molecule has 0 saturated heterocycles. The molecule has 4 heteroatoms. The number of rotatable bonds is 3. The van der Waals surface area contributed by atoms with Crippen LogP contribution in [-0.4, -0.2) is 22.8 Å². The van der Waals surface area contributed by atoms with Gasteiger partial charge in [-0.2, -0.15) is 4.98 Å². The van der Waals surface area contributed by atoms with Crippen LogP contribution in [0.15, 0.2) is 11.1 Å². The van der Waals surface area contributed by atoms with Crippen molar-refractivity contribution in [2.24, 2.45) is 0 Å². The molecule has 0 aliphatic heterocycles. The maximum Gasteiger partial charge on any atom is 0.317 e. The first-order valence-corrected chi connectivity index (χ1v) is 5.01. The molecule has 0 atom stereocenters. The second kappa shape index (κ2) is 4.30. The number of aryl methyl sites for hydroxylation is 1. The van der Waals surface area contributed by atoms with Gasteiger partial charge in [-0.1, -0.05) is 0 Å². The maximum absolute atomic E-state index is 5.19. The van der Waals surface area contributed by atoms with Gasteiger partial charge in [0.25, 0.3) is 0 Å². The lowest BCUT2D eigenvalue weighted by Crippen LogP contribution is -1.99. The topological polar surface area (TPSA) is 35.0 Å². The molecule has 0 unspecified atom stereocenters. The molecular formula is C8H12N2OS. The normalized spacial score (nSPS) is 9.92. The number of nitrogens with zero attached hydrogens (tertiary/aromatic N) is 2. The van der Waals surface area contributed by atoms with Crippen molar-refractivity contribution >= 4 is 11.8 Å². The Morgan fingerprint density at radius 1 is 1.50 bits per heavy atom. The second-order valence-corrected chi connectivity index (χ2v) is 3.09. The Labute approximate surface area is 76.6 Å². The van der Waals surface area contributed by atoms with Crippen molar-refractivity contribution in [3.63, 3.8) is 0 Å². The molecule has 0 N–H and O–H groups in total. The third kappa shape index (κ3) is 2.37. The van der Waals surface area contributed by atoms with E-state index in [0.29, 0.717) is 12.6 Å². The molecule has 0 radical (unpaired) electrons. The highest BCUT2D eigenvalue weighted by Gasteiger charge is 2.00. The predicted octanol–water partition coefficient (Wildman–Crippen LogP) is 1.91. The molecule has 0 fully saturated rings. The van der Waals surface area contributed by atoms with Crippen molar-refractivity contribution in [3.05, 3.63) is 11.8 Å². The standard InChI is InChI=1S/C8H12N2OS/c1-4-11-8-9-6(2)5-7(10-8)12-3/h5H,4H2,1-3H3. The zero-order valence-electron chi connectivity index (χ0n) is 7.50. The van der Waals surface area contributed by atoms with E-state index in [4.69, 9.17) is 4.74 Å². The van der Waals surface area contributed by atoms with Crippen LogP contribution in [0.2, 0.25) is 0 Å². The van der Waals surface area contributed by atoms with E-state index < -0.39 is 0 Å². The molecule has 0 aliphatic rings. The summed E-state index contributed by atoms with van der Waals surface area (Å²) in [5.74, 6) is 0. The maximum atomic E-state index is 5.19. The van der Waals surface area contributed by atoms with Crippen molar-refractivity contribution in [1.82, 2.24) is 9.97 Å². The van der Waals surface area contributed by atoms with Crippen molar-refractivity contribution < 1.29 is 4.74 Å². The van der Waals surface area contributed by atoms with Crippen LogP contribution in [0.3, 0.4) is 0 Å². The van der Waals surface area contributed by atoms with Crippen LogP contribution in [-0.2, 0) is 0 Å². The monoisotopic (exact) mass is 184 g/mol. The summed E-state index contributed by atoms with van der Waals surface area (Å²) >= 11 is 1.59. The number of ether oxygens (including phenoxy) is 1. The lowest BCUT2D eigenvalue weighted by molar-refractivity contribution is 0.309. The van der Waals surface area contributed by atoms with Gasteiger partial charge >= 0.3 is 6.01 Å².